The summed E-state index contributed by atoms with van der Waals surface area (Å²) in [5.41, 5.74) is 4.21. The number of nitriles is 1. The van der Waals surface area contributed by atoms with E-state index < -0.39 is 5.91 Å². The minimum absolute atomic E-state index is 0.0103. The number of carbonyl (C=O) groups is 1. The van der Waals surface area contributed by atoms with Gasteiger partial charge in [0.05, 0.1) is 10.2 Å². The van der Waals surface area contributed by atoms with Gasteiger partial charge in [-0.15, -0.1) is 0 Å². The molecule has 0 heterocycles. The van der Waals surface area contributed by atoms with E-state index in [1.54, 1.807) is 12.1 Å². The maximum absolute atomic E-state index is 12.8. The number of aryl methyl sites for hydroxylation is 1. The lowest BCUT2D eigenvalue weighted by Crippen LogP contribution is -2.14. The van der Waals surface area contributed by atoms with Crippen molar-refractivity contribution in [1.29, 1.82) is 5.26 Å². The minimum Gasteiger partial charge on any atom is -0.490 e. The lowest BCUT2D eigenvalue weighted by atomic mass is 10.1. The fraction of sp³-hybridized carbons (Fsp3) is 0.185. The molecule has 3 rings (SSSR count). The Bertz CT molecular complexity index is 1280. The van der Waals surface area contributed by atoms with Crippen LogP contribution in [-0.4, -0.2) is 12.5 Å². The highest BCUT2D eigenvalue weighted by atomic mass is 127. The number of anilines is 1. The summed E-state index contributed by atoms with van der Waals surface area (Å²) in [4.78, 5) is 12.8. The molecule has 34 heavy (non-hydrogen) atoms. The summed E-state index contributed by atoms with van der Waals surface area (Å²) in [7, 11) is 0. The molecule has 0 saturated carbocycles. The SMILES string of the molecule is CCOc1cc(/C=C(/C#N)C(=O)Nc2cccc(C)c2C)cc(I)c1OCc1ccccc1Cl. The maximum atomic E-state index is 12.8. The van der Waals surface area contributed by atoms with Gasteiger partial charge in [0, 0.05) is 16.3 Å². The van der Waals surface area contributed by atoms with E-state index in [4.69, 9.17) is 21.1 Å². The first-order valence-electron chi connectivity index (χ1n) is 10.7. The van der Waals surface area contributed by atoms with Gasteiger partial charge >= 0.3 is 0 Å². The van der Waals surface area contributed by atoms with E-state index in [-0.39, 0.29) is 12.2 Å². The number of nitrogens with one attached hydrogen (secondary N) is 1. The molecule has 0 radical (unpaired) electrons. The van der Waals surface area contributed by atoms with Gasteiger partial charge in [0.1, 0.15) is 18.2 Å². The van der Waals surface area contributed by atoms with Crippen molar-refractivity contribution < 1.29 is 14.3 Å². The van der Waals surface area contributed by atoms with Gasteiger partial charge in [0.25, 0.3) is 5.91 Å². The van der Waals surface area contributed by atoms with Crippen LogP contribution in [0.15, 0.2) is 60.2 Å². The topological polar surface area (TPSA) is 71.3 Å². The molecule has 0 saturated heterocycles. The Balaban J connectivity index is 1.87. The van der Waals surface area contributed by atoms with Crippen molar-refractivity contribution in [1.82, 2.24) is 0 Å². The number of benzene rings is 3. The molecule has 3 aromatic rings. The summed E-state index contributed by atoms with van der Waals surface area (Å²) in [5.74, 6) is 0.640. The fourth-order valence-electron chi connectivity index (χ4n) is 3.23. The van der Waals surface area contributed by atoms with Crippen LogP contribution in [0, 0.1) is 28.7 Å². The molecule has 5 nitrogen and oxygen atoms in total. The number of rotatable bonds is 8. The van der Waals surface area contributed by atoms with Crippen LogP contribution >= 0.6 is 34.2 Å². The summed E-state index contributed by atoms with van der Waals surface area (Å²) in [6, 6.07) is 18.7. The number of amides is 1. The first kappa shape index (κ1) is 25.6. The second-order valence-corrected chi connectivity index (χ2v) is 9.08. The van der Waals surface area contributed by atoms with Gasteiger partial charge in [-0.3, -0.25) is 4.79 Å². The smallest absolute Gasteiger partial charge is 0.266 e. The molecule has 0 fully saturated rings. The van der Waals surface area contributed by atoms with Crippen molar-refractivity contribution in [2.75, 3.05) is 11.9 Å². The number of nitrogens with zero attached hydrogens (tertiary/aromatic N) is 1. The van der Waals surface area contributed by atoms with Gasteiger partial charge in [-0.25, -0.2) is 0 Å². The van der Waals surface area contributed by atoms with Gasteiger partial charge in [-0.2, -0.15) is 5.26 Å². The maximum Gasteiger partial charge on any atom is 0.266 e. The molecule has 3 aromatic carbocycles. The van der Waals surface area contributed by atoms with Gasteiger partial charge in [-0.05, 0) is 90.4 Å². The summed E-state index contributed by atoms with van der Waals surface area (Å²) in [6.07, 6.45) is 1.54. The van der Waals surface area contributed by atoms with Gasteiger partial charge in [0.15, 0.2) is 11.5 Å². The Morgan fingerprint density at radius 2 is 1.91 bits per heavy atom. The van der Waals surface area contributed by atoms with E-state index >= 15 is 0 Å². The van der Waals surface area contributed by atoms with E-state index in [1.165, 1.54) is 0 Å². The number of ether oxygens (including phenoxy) is 2. The molecule has 1 N–H and O–H groups in total. The first-order valence-corrected chi connectivity index (χ1v) is 12.1. The van der Waals surface area contributed by atoms with Crippen molar-refractivity contribution in [2.24, 2.45) is 0 Å². The van der Waals surface area contributed by atoms with E-state index in [0.717, 1.165) is 20.3 Å². The third kappa shape index (κ3) is 6.31. The molecular formula is C27H24ClIN2O3. The predicted molar refractivity (Wildman–Crippen MR) is 144 cm³/mol. The second-order valence-electron chi connectivity index (χ2n) is 7.51. The average molecular weight is 587 g/mol. The fourth-order valence-corrected chi connectivity index (χ4v) is 4.20. The summed E-state index contributed by atoms with van der Waals surface area (Å²) < 4.78 is 12.6. The van der Waals surface area contributed by atoms with Crippen LogP contribution in [0.5, 0.6) is 11.5 Å². The van der Waals surface area contributed by atoms with Crippen LogP contribution in [0.4, 0.5) is 5.69 Å². The Hall–Kier alpha value is -3.02. The Labute approximate surface area is 218 Å². The van der Waals surface area contributed by atoms with Crippen LogP contribution in [0.3, 0.4) is 0 Å². The largest absolute Gasteiger partial charge is 0.490 e. The first-order chi connectivity index (χ1) is 16.3. The van der Waals surface area contributed by atoms with E-state index in [9.17, 15) is 10.1 Å². The molecule has 1 amide bonds. The zero-order chi connectivity index (χ0) is 24.7. The van der Waals surface area contributed by atoms with Crippen molar-refractivity contribution >= 4 is 51.9 Å². The van der Waals surface area contributed by atoms with E-state index in [2.05, 4.69) is 27.9 Å². The van der Waals surface area contributed by atoms with Crippen molar-refractivity contribution in [3.05, 3.63) is 91.0 Å². The number of carbonyl (C=O) groups excluding carboxylic acids is 1. The highest BCUT2D eigenvalue weighted by Gasteiger charge is 2.16. The lowest BCUT2D eigenvalue weighted by molar-refractivity contribution is -0.112. The van der Waals surface area contributed by atoms with Crippen LogP contribution in [0.25, 0.3) is 6.08 Å². The molecule has 174 valence electrons. The zero-order valence-corrected chi connectivity index (χ0v) is 22.0. The molecule has 0 aliphatic carbocycles. The third-order valence-electron chi connectivity index (χ3n) is 5.19. The van der Waals surface area contributed by atoms with E-state index in [0.29, 0.717) is 34.4 Å². The quantitative estimate of drug-likeness (QED) is 0.174. The molecular weight excluding hydrogens is 563 g/mol. The molecule has 7 heteroatoms. The minimum atomic E-state index is -0.469. The van der Waals surface area contributed by atoms with Crippen molar-refractivity contribution in [2.45, 2.75) is 27.4 Å². The van der Waals surface area contributed by atoms with E-state index in [1.807, 2.05) is 75.4 Å². The predicted octanol–water partition coefficient (Wildman–Crippen LogP) is 7.08. The Kier molecular flexibility index (Phi) is 8.97. The summed E-state index contributed by atoms with van der Waals surface area (Å²) in [5, 5.41) is 13.1. The normalized spacial score (nSPS) is 11.0. The number of hydrogen-bond acceptors (Lipinski definition) is 4. The standard InChI is InChI=1S/C27H24ClIN2O3/c1-4-33-25-14-19(13-23(29)26(25)34-16-20-9-5-6-10-22(20)28)12-21(15-30)27(32)31-24-11-7-8-17(2)18(24)3/h5-14H,4,16H2,1-3H3,(H,31,32)/b21-12-. The molecule has 0 unspecified atom stereocenters. The highest BCUT2D eigenvalue weighted by molar-refractivity contribution is 14.1. The van der Waals surface area contributed by atoms with Crippen molar-refractivity contribution in [3.63, 3.8) is 0 Å². The molecule has 0 aliphatic rings. The number of halogens is 2. The molecule has 0 atom stereocenters. The monoisotopic (exact) mass is 586 g/mol. The van der Waals surface area contributed by atoms with Gasteiger partial charge in [-0.1, -0.05) is 41.9 Å². The molecule has 0 aliphatic heterocycles. The average Bonchev–Trinajstić information content (AvgIpc) is 2.81. The summed E-state index contributed by atoms with van der Waals surface area (Å²) in [6.45, 7) is 6.50. The van der Waals surface area contributed by atoms with Gasteiger partial charge in [0.2, 0.25) is 0 Å². The van der Waals surface area contributed by atoms with Gasteiger partial charge < -0.3 is 14.8 Å². The van der Waals surface area contributed by atoms with Crippen molar-refractivity contribution in [3.8, 4) is 17.6 Å². The molecule has 0 aromatic heterocycles. The Morgan fingerprint density at radius 3 is 2.62 bits per heavy atom. The number of hydrogen-bond donors (Lipinski definition) is 1. The molecule has 0 bridgehead atoms. The van der Waals surface area contributed by atoms with Crippen LogP contribution < -0.4 is 14.8 Å². The Morgan fingerprint density at radius 1 is 1.15 bits per heavy atom. The second kappa shape index (κ2) is 11.9. The highest BCUT2D eigenvalue weighted by Crippen LogP contribution is 2.36. The van der Waals surface area contributed by atoms with Crippen LogP contribution in [0.2, 0.25) is 5.02 Å². The third-order valence-corrected chi connectivity index (χ3v) is 6.36. The van der Waals surface area contributed by atoms with Crippen LogP contribution in [0.1, 0.15) is 29.2 Å². The summed E-state index contributed by atoms with van der Waals surface area (Å²) >= 11 is 8.40. The van der Waals surface area contributed by atoms with Crippen LogP contribution in [-0.2, 0) is 11.4 Å². The zero-order valence-electron chi connectivity index (χ0n) is 19.1. The lowest BCUT2D eigenvalue weighted by Gasteiger charge is -2.15. The molecule has 0 spiro atoms.